The third-order valence-electron chi connectivity index (χ3n) is 4.02. The largest absolute Gasteiger partial charge is 0.481 e. The lowest BCUT2D eigenvalue weighted by Crippen LogP contribution is -2.30. The van der Waals surface area contributed by atoms with Crippen LogP contribution < -0.4 is 14.8 Å². The Balaban J connectivity index is 1.62. The molecule has 3 rings (SSSR count). The van der Waals surface area contributed by atoms with Gasteiger partial charge in [-0.2, -0.15) is 0 Å². The Labute approximate surface area is 178 Å². The topological polar surface area (TPSA) is 84.5 Å². The molecule has 0 aliphatic carbocycles. The second kappa shape index (κ2) is 9.15. The van der Waals surface area contributed by atoms with Crippen molar-refractivity contribution in [3.63, 3.8) is 0 Å². The number of amides is 1. The Morgan fingerprint density at radius 2 is 1.50 bits per heavy atom. The molecular formula is C21H18ClFN2O4S. The predicted octanol–water partition coefficient (Wildman–Crippen LogP) is 4.69. The lowest BCUT2D eigenvalue weighted by atomic mass is 10.3. The number of ether oxygens (including phenoxy) is 1. The van der Waals surface area contributed by atoms with Gasteiger partial charge in [-0.1, -0.05) is 11.6 Å². The lowest BCUT2D eigenvalue weighted by molar-refractivity contribution is -0.122. The third-order valence-corrected chi connectivity index (χ3v) is 5.67. The highest BCUT2D eigenvalue weighted by molar-refractivity contribution is 7.92. The molecule has 0 aliphatic heterocycles. The standard InChI is InChI=1S/C21H18ClFN2O4S/c1-14(29-19-10-4-16(23)5-11-19)21(26)24-17-8-12-20(13-9-17)30(27,28)25-18-6-2-15(22)3-7-18/h2-14,25H,1H3,(H,24,26)/t14-/m1/s1. The number of carbonyl (C=O) groups excluding carboxylic acids is 1. The summed E-state index contributed by atoms with van der Waals surface area (Å²) in [4.78, 5) is 12.3. The van der Waals surface area contributed by atoms with Gasteiger partial charge in [0.1, 0.15) is 11.6 Å². The van der Waals surface area contributed by atoms with E-state index in [1.165, 1.54) is 48.5 Å². The minimum atomic E-state index is -3.79. The fraction of sp³-hybridized carbons (Fsp3) is 0.0952. The molecule has 0 heterocycles. The molecule has 3 aromatic rings. The predicted molar refractivity (Wildman–Crippen MR) is 114 cm³/mol. The van der Waals surface area contributed by atoms with Crippen molar-refractivity contribution < 1.29 is 22.3 Å². The van der Waals surface area contributed by atoms with E-state index in [4.69, 9.17) is 16.3 Å². The van der Waals surface area contributed by atoms with E-state index >= 15 is 0 Å². The number of rotatable bonds is 7. The molecule has 0 spiro atoms. The zero-order chi connectivity index (χ0) is 21.7. The molecule has 156 valence electrons. The van der Waals surface area contributed by atoms with Crippen LogP contribution in [0.25, 0.3) is 0 Å². The molecule has 0 bridgehead atoms. The molecule has 2 N–H and O–H groups in total. The Kier molecular flexibility index (Phi) is 6.59. The molecule has 0 unspecified atom stereocenters. The molecule has 0 saturated carbocycles. The van der Waals surface area contributed by atoms with Gasteiger partial charge in [-0.15, -0.1) is 0 Å². The summed E-state index contributed by atoms with van der Waals surface area (Å²) in [6.07, 6.45) is -0.842. The first kappa shape index (κ1) is 21.6. The smallest absolute Gasteiger partial charge is 0.265 e. The van der Waals surface area contributed by atoms with Crippen LogP contribution in [-0.2, 0) is 14.8 Å². The van der Waals surface area contributed by atoms with Gasteiger partial charge in [0.15, 0.2) is 6.10 Å². The summed E-state index contributed by atoms with van der Waals surface area (Å²) >= 11 is 5.80. The van der Waals surface area contributed by atoms with E-state index in [0.717, 1.165) is 0 Å². The van der Waals surface area contributed by atoms with Crippen molar-refractivity contribution in [3.8, 4) is 5.75 Å². The Morgan fingerprint density at radius 3 is 2.10 bits per heavy atom. The van der Waals surface area contributed by atoms with Crippen molar-refractivity contribution in [2.45, 2.75) is 17.9 Å². The Morgan fingerprint density at radius 1 is 0.933 bits per heavy atom. The zero-order valence-electron chi connectivity index (χ0n) is 15.8. The van der Waals surface area contributed by atoms with Gasteiger partial charge in [-0.05, 0) is 79.7 Å². The molecule has 30 heavy (non-hydrogen) atoms. The van der Waals surface area contributed by atoms with Gasteiger partial charge in [-0.25, -0.2) is 12.8 Å². The molecule has 1 amide bonds. The summed E-state index contributed by atoms with van der Waals surface area (Å²) < 4.78 is 45.8. The van der Waals surface area contributed by atoms with Crippen LogP contribution in [0.5, 0.6) is 5.75 Å². The molecule has 6 nitrogen and oxygen atoms in total. The number of nitrogens with one attached hydrogen (secondary N) is 2. The van der Waals surface area contributed by atoms with Crippen LogP contribution >= 0.6 is 11.6 Å². The molecule has 0 aliphatic rings. The molecule has 0 aromatic heterocycles. The van der Waals surface area contributed by atoms with Crippen molar-refractivity contribution in [3.05, 3.63) is 83.6 Å². The monoisotopic (exact) mass is 448 g/mol. The van der Waals surface area contributed by atoms with E-state index in [2.05, 4.69) is 10.0 Å². The Hall–Kier alpha value is -3.10. The molecule has 0 fully saturated rings. The van der Waals surface area contributed by atoms with Crippen molar-refractivity contribution in [2.24, 2.45) is 0 Å². The van der Waals surface area contributed by atoms with E-state index in [9.17, 15) is 17.6 Å². The van der Waals surface area contributed by atoms with Crippen LogP contribution in [0, 0.1) is 5.82 Å². The lowest BCUT2D eigenvalue weighted by Gasteiger charge is -2.15. The second-order valence-electron chi connectivity index (χ2n) is 6.34. The highest BCUT2D eigenvalue weighted by Gasteiger charge is 2.17. The summed E-state index contributed by atoms with van der Waals surface area (Å²) in [6, 6.07) is 17.3. The van der Waals surface area contributed by atoms with Gasteiger partial charge in [0, 0.05) is 16.4 Å². The van der Waals surface area contributed by atoms with Crippen molar-refractivity contribution in [1.29, 1.82) is 0 Å². The minimum absolute atomic E-state index is 0.0334. The first-order valence-electron chi connectivity index (χ1n) is 8.84. The van der Waals surface area contributed by atoms with Crippen molar-refractivity contribution >= 4 is 38.9 Å². The maximum atomic E-state index is 12.9. The SMILES string of the molecule is C[C@@H](Oc1ccc(F)cc1)C(=O)Nc1ccc(S(=O)(=O)Nc2ccc(Cl)cc2)cc1. The van der Waals surface area contributed by atoms with Crippen molar-refractivity contribution in [1.82, 2.24) is 0 Å². The number of benzene rings is 3. The number of hydrogen-bond acceptors (Lipinski definition) is 4. The normalized spacial score (nSPS) is 12.1. The number of halogens is 2. The van der Waals surface area contributed by atoms with E-state index in [-0.39, 0.29) is 4.90 Å². The fourth-order valence-corrected chi connectivity index (χ4v) is 3.65. The van der Waals surface area contributed by atoms with Crippen LogP contribution in [0.15, 0.2) is 77.7 Å². The first-order chi connectivity index (χ1) is 14.2. The summed E-state index contributed by atoms with van der Waals surface area (Å²) in [6.45, 7) is 1.55. The summed E-state index contributed by atoms with van der Waals surface area (Å²) in [5, 5.41) is 3.14. The van der Waals surface area contributed by atoms with Gasteiger partial charge in [-0.3, -0.25) is 9.52 Å². The molecule has 1 atom stereocenters. The van der Waals surface area contributed by atoms with Gasteiger partial charge in [0.05, 0.1) is 4.90 Å². The maximum absolute atomic E-state index is 12.9. The maximum Gasteiger partial charge on any atom is 0.265 e. The van der Waals surface area contributed by atoms with Gasteiger partial charge in [0.25, 0.3) is 15.9 Å². The fourth-order valence-electron chi connectivity index (χ4n) is 2.46. The van der Waals surface area contributed by atoms with Crippen LogP contribution in [0.3, 0.4) is 0 Å². The van der Waals surface area contributed by atoms with Crippen LogP contribution in [0.2, 0.25) is 5.02 Å². The van der Waals surface area contributed by atoms with Gasteiger partial charge >= 0.3 is 0 Å². The van der Waals surface area contributed by atoms with Gasteiger partial charge in [0.2, 0.25) is 0 Å². The quantitative estimate of drug-likeness (QED) is 0.549. The summed E-state index contributed by atoms with van der Waals surface area (Å²) in [5.74, 6) is -0.483. The highest BCUT2D eigenvalue weighted by Crippen LogP contribution is 2.20. The Bertz CT molecular complexity index is 1120. The summed E-state index contributed by atoms with van der Waals surface area (Å²) in [7, 11) is -3.79. The third kappa shape index (κ3) is 5.71. The van der Waals surface area contributed by atoms with E-state index in [1.54, 1.807) is 31.2 Å². The van der Waals surface area contributed by atoms with E-state index in [0.29, 0.717) is 22.1 Å². The van der Waals surface area contributed by atoms with E-state index < -0.39 is 27.9 Å². The van der Waals surface area contributed by atoms with Crippen LogP contribution in [-0.4, -0.2) is 20.4 Å². The minimum Gasteiger partial charge on any atom is -0.481 e. The number of anilines is 2. The molecule has 0 radical (unpaired) electrons. The van der Waals surface area contributed by atoms with Gasteiger partial charge < -0.3 is 10.1 Å². The van der Waals surface area contributed by atoms with Crippen LogP contribution in [0.4, 0.5) is 15.8 Å². The zero-order valence-corrected chi connectivity index (χ0v) is 17.4. The molecule has 0 saturated heterocycles. The molecule has 3 aromatic carbocycles. The first-order valence-corrected chi connectivity index (χ1v) is 10.7. The average molecular weight is 449 g/mol. The number of sulfonamides is 1. The summed E-state index contributed by atoms with van der Waals surface area (Å²) in [5.41, 5.74) is 0.781. The average Bonchev–Trinajstić information content (AvgIpc) is 2.71. The van der Waals surface area contributed by atoms with Crippen LogP contribution in [0.1, 0.15) is 6.92 Å². The van der Waals surface area contributed by atoms with Crippen molar-refractivity contribution in [2.75, 3.05) is 10.0 Å². The van der Waals surface area contributed by atoms with E-state index in [1.807, 2.05) is 0 Å². The number of carbonyl (C=O) groups is 1. The highest BCUT2D eigenvalue weighted by atomic mass is 35.5. The second-order valence-corrected chi connectivity index (χ2v) is 8.46. The molecular weight excluding hydrogens is 431 g/mol. The number of hydrogen-bond donors (Lipinski definition) is 2. The molecule has 9 heteroatoms.